The molecule has 9 heavy (non-hydrogen) atoms. The Morgan fingerprint density at radius 2 is 2.44 bits per heavy atom. The summed E-state index contributed by atoms with van der Waals surface area (Å²) >= 11 is 1.26. The van der Waals surface area contributed by atoms with Crippen LogP contribution in [0.1, 0.15) is 22.3 Å². The van der Waals surface area contributed by atoms with Gasteiger partial charge in [-0.15, -0.1) is 0 Å². The van der Waals surface area contributed by atoms with Crippen molar-refractivity contribution >= 4 is 17.3 Å². The number of hydrogen-bond acceptors (Lipinski definition) is 3. The predicted octanol–water partition coefficient (Wildman–Crippen LogP) is 1.65. The summed E-state index contributed by atoms with van der Waals surface area (Å²) in [7, 11) is 0. The first-order valence-electron chi connectivity index (χ1n) is 2.64. The van der Waals surface area contributed by atoms with E-state index in [-0.39, 0.29) is 5.78 Å². The highest BCUT2D eigenvalue weighted by molar-refractivity contribution is 7.08. The van der Waals surface area contributed by atoms with Crippen LogP contribution in [0, 0.1) is 6.92 Å². The summed E-state index contributed by atoms with van der Waals surface area (Å²) in [6.07, 6.45) is 0. The monoisotopic (exact) mass is 141 g/mol. The molecule has 0 aromatic carbocycles. The topological polar surface area (TPSA) is 30.0 Å². The van der Waals surface area contributed by atoms with Crippen molar-refractivity contribution in [1.82, 2.24) is 4.37 Å². The van der Waals surface area contributed by atoms with Crippen LogP contribution in [0.5, 0.6) is 0 Å². The van der Waals surface area contributed by atoms with Crippen molar-refractivity contribution in [2.45, 2.75) is 13.8 Å². The maximum atomic E-state index is 10.6. The van der Waals surface area contributed by atoms with Gasteiger partial charge in [-0.3, -0.25) is 4.79 Å². The van der Waals surface area contributed by atoms with E-state index in [1.54, 1.807) is 13.0 Å². The molecule has 0 spiro atoms. The lowest BCUT2D eigenvalue weighted by molar-refractivity contribution is 0.102. The van der Waals surface area contributed by atoms with E-state index >= 15 is 0 Å². The van der Waals surface area contributed by atoms with Crippen molar-refractivity contribution in [3.05, 3.63) is 16.6 Å². The fourth-order valence-electron chi connectivity index (χ4n) is 0.530. The van der Waals surface area contributed by atoms with Crippen LogP contribution in [-0.2, 0) is 0 Å². The average Bonchev–Trinajstić information content (AvgIpc) is 2.14. The molecule has 0 saturated heterocycles. The minimum atomic E-state index is 0.0978. The molecule has 0 aliphatic heterocycles. The Kier molecular flexibility index (Phi) is 1.62. The zero-order valence-electron chi connectivity index (χ0n) is 5.34. The van der Waals surface area contributed by atoms with E-state index in [4.69, 9.17) is 0 Å². The molecule has 0 radical (unpaired) electrons. The summed E-state index contributed by atoms with van der Waals surface area (Å²) in [6, 6.07) is 1.80. The zero-order valence-corrected chi connectivity index (χ0v) is 6.16. The van der Waals surface area contributed by atoms with Crippen molar-refractivity contribution in [3.63, 3.8) is 0 Å². The van der Waals surface area contributed by atoms with Gasteiger partial charge in [0.2, 0.25) is 0 Å². The number of ketones is 1. The molecule has 2 nitrogen and oxygen atoms in total. The van der Waals surface area contributed by atoms with E-state index in [0.717, 1.165) is 10.6 Å². The van der Waals surface area contributed by atoms with Gasteiger partial charge < -0.3 is 0 Å². The molecular weight excluding hydrogens is 134 g/mol. The normalized spacial score (nSPS) is 9.56. The fraction of sp³-hybridized carbons (Fsp3) is 0.333. The van der Waals surface area contributed by atoms with Gasteiger partial charge >= 0.3 is 0 Å². The van der Waals surface area contributed by atoms with Crippen LogP contribution in [0.2, 0.25) is 0 Å². The van der Waals surface area contributed by atoms with Gasteiger partial charge in [-0.1, -0.05) is 0 Å². The largest absolute Gasteiger partial charge is 0.294 e. The Morgan fingerprint density at radius 3 is 2.67 bits per heavy atom. The van der Waals surface area contributed by atoms with Crippen LogP contribution >= 0.6 is 11.5 Å². The Morgan fingerprint density at radius 1 is 1.78 bits per heavy atom. The molecule has 1 aromatic rings. The average molecular weight is 141 g/mol. The minimum Gasteiger partial charge on any atom is -0.294 e. The van der Waals surface area contributed by atoms with Gasteiger partial charge in [0.1, 0.15) is 0 Å². The van der Waals surface area contributed by atoms with Gasteiger partial charge in [0.15, 0.2) is 5.78 Å². The maximum Gasteiger partial charge on any atom is 0.171 e. The molecule has 0 saturated carbocycles. The molecule has 0 unspecified atom stereocenters. The Bertz CT molecular complexity index is 229. The Labute approximate surface area is 57.7 Å². The second kappa shape index (κ2) is 2.27. The van der Waals surface area contributed by atoms with Gasteiger partial charge in [0.25, 0.3) is 0 Å². The number of carbonyl (C=O) groups excluding carboxylic acids is 1. The Hall–Kier alpha value is -0.700. The smallest absolute Gasteiger partial charge is 0.171 e. The van der Waals surface area contributed by atoms with Crippen LogP contribution in [0.3, 0.4) is 0 Å². The van der Waals surface area contributed by atoms with E-state index in [1.165, 1.54) is 11.5 Å². The third-order valence-electron chi connectivity index (χ3n) is 0.975. The molecule has 0 N–H and O–H groups in total. The molecule has 48 valence electrons. The number of rotatable bonds is 1. The summed E-state index contributed by atoms with van der Waals surface area (Å²) in [6.45, 7) is 3.43. The van der Waals surface area contributed by atoms with Gasteiger partial charge in [-0.05, 0) is 24.5 Å². The van der Waals surface area contributed by atoms with E-state index < -0.39 is 0 Å². The molecule has 0 fully saturated rings. The molecule has 0 aliphatic rings. The highest BCUT2D eigenvalue weighted by Crippen LogP contribution is 2.08. The molecule has 1 heterocycles. The predicted molar refractivity (Wildman–Crippen MR) is 36.9 cm³/mol. The number of hydrogen-bond donors (Lipinski definition) is 0. The summed E-state index contributed by atoms with van der Waals surface area (Å²) < 4.78 is 3.96. The van der Waals surface area contributed by atoms with Gasteiger partial charge in [0.05, 0.1) is 10.6 Å². The van der Waals surface area contributed by atoms with E-state index in [1.807, 2.05) is 6.92 Å². The van der Waals surface area contributed by atoms with Crippen LogP contribution in [0.4, 0.5) is 0 Å². The SMILES string of the molecule is CC(=O)c1cc(C)ns1. The molecular formula is C6H7NOS. The second-order valence-electron chi connectivity index (χ2n) is 1.89. The fourth-order valence-corrected chi connectivity index (χ4v) is 1.18. The third kappa shape index (κ3) is 1.36. The number of nitrogens with zero attached hydrogens (tertiary/aromatic N) is 1. The standard InChI is InChI=1S/C6H7NOS/c1-4-3-6(5(2)8)9-7-4/h3H,1-2H3. The van der Waals surface area contributed by atoms with E-state index in [0.29, 0.717) is 0 Å². The van der Waals surface area contributed by atoms with Crippen LogP contribution in [-0.4, -0.2) is 10.2 Å². The summed E-state index contributed by atoms with van der Waals surface area (Å²) in [5.41, 5.74) is 0.921. The van der Waals surface area contributed by atoms with Gasteiger partial charge in [-0.2, -0.15) is 4.37 Å². The summed E-state index contributed by atoms with van der Waals surface area (Å²) in [5.74, 6) is 0.0978. The van der Waals surface area contributed by atoms with Crippen LogP contribution in [0.25, 0.3) is 0 Å². The molecule has 0 atom stereocenters. The molecule has 0 aliphatic carbocycles. The van der Waals surface area contributed by atoms with Gasteiger partial charge in [0, 0.05) is 6.92 Å². The quantitative estimate of drug-likeness (QED) is 0.557. The number of aryl methyl sites for hydroxylation is 1. The van der Waals surface area contributed by atoms with Crippen molar-refractivity contribution in [3.8, 4) is 0 Å². The van der Waals surface area contributed by atoms with Crippen molar-refractivity contribution in [2.24, 2.45) is 0 Å². The minimum absolute atomic E-state index is 0.0978. The zero-order chi connectivity index (χ0) is 6.85. The van der Waals surface area contributed by atoms with Crippen molar-refractivity contribution in [2.75, 3.05) is 0 Å². The number of carbonyl (C=O) groups is 1. The van der Waals surface area contributed by atoms with Crippen LogP contribution < -0.4 is 0 Å². The van der Waals surface area contributed by atoms with E-state index in [2.05, 4.69) is 4.37 Å². The maximum absolute atomic E-state index is 10.6. The van der Waals surface area contributed by atoms with Gasteiger partial charge in [-0.25, -0.2) is 0 Å². The summed E-state index contributed by atoms with van der Waals surface area (Å²) in [4.78, 5) is 11.4. The highest BCUT2D eigenvalue weighted by Gasteiger charge is 2.00. The lowest BCUT2D eigenvalue weighted by Gasteiger charge is -1.78. The highest BCUT2D eigenvalue weighted by atomic mass is 32.1. The van der Waals surface area contributed by atoms with Crippen LogP contribution in [0.15, 0.2) is 6.07 Å². The lowest BCUT2D eigenvalue weighted by Crippen LogP contribution is -1.83. The van der Waals surface area contributed by atoms with Crippen molar-refractivity contribution in [1.29, 1.82) is 0 Å². The second-order valence-corrected chi connectivity index (χ2v) is 2.69. The van der Waals surface area contributed by atoms with E-state index in [9.17, 15) is 4.79 Å². The first-order chi connectivity index (χ1) is 4.20. The first kappa shape index (κ1) is 6.42. The third-order valence-corrected chi connectivity index (χ3v) is 1.96. The molecule has 1 aromatic heterocycles. The molecule has 1 rings (SSSR count). The number of Topliss-reactive ketones (excluding diaryl/α,β-unsaturated/α-hetero) is 1. The summed E-state index contributed by atoms with van der Waals surface area (Å²) in [5, 5.41) is 0. The Balaban J connectivity index is 2.98. The molecule has 0 amide bonds. The number of aromatic nitrogens is 1. The molecule has 0 bridgehead atoms. The van der Waals surface area contributed by atoms with Crippen molar-refractivity contribution < 1.29 is 4.79 Å². The molecule has 3 heteroatoms. The first-order valence-corrected chi connectivity index (χ1v) is 3.42. The lowest BCUT2D eigenvalue weighted by atomic mass is 10.3.